The van der Waals surface area contributed by atoms with Crippen molar-refractivity contribution in [3.8, 4) is 11.5 Å². The van der Waals surface area contributed by atoms with Gasteiger partial charge in [0.25, 0.3) is 11.8 Å². The molecule has 10 heteroatoms. The Morgan fingerprint density at radius 3 is 1.68 bits per heavy atom. The summed E-state index contributed by atoms with van der Waals surface area (Å²) in [5.41, 5.74) is 9.36. The standard InChI is InChI=1S/C37H34N4O4S2/c1-23-3-13-31-27(17-23)19-33(46-31)36(42)40-21-24-4-9-29(10-5-24)44-15-2-16-45-30-11-6-25(7-12-30)22-41-37(43)34-20-28-18-26(35(38)39)8-14-32(28)47-34/h3-14,17-20H,2,15-16,21-22H2,1H3,(H3,38,39)(H,40,42)(H,41,43). The summed E-state index contributed by atoms with van der Waals surface area (Å²) in [6.07, 6.45) is 0.716. The van der Waals surface area contributed by atoms with Crippen LogP contribution in [0.2, 0.25) is 0 Å². The molecule has 0 fully saturated rings. The van der Waals surface area contributed by atoms with Crippen molar-refractivity contribution in [3.63, 3.8) is 0 Å². The maximum absolute atomic E-state index is 12.7. The summed E-state index contributed by atoms with van der Waals surface area (Å²) < 4.78 is 13.8. The van der Waals surface area contributed by atoms with Crippen molar-refractivity contribution >= 4 is 60.5 Å². The second-order valence-corrected chi connectivity index (χ2v) is 13.3. The number of carbonyl (C=O) groups is 2. The molecule has 2 heterocycles. The van der Waals surface area contributed by atoms with Gasteiger partial charge in [-0.25, -0.2) is 0 Å². The molecule has 4 aromatic carbocycles. The van der Waals surface area contributed by atoms with Crippen molar-refractivity contribution in [2.75, 3.05) is 13.2 Å². The molecule has 5 N–H and O–H groups in total. The number of thiophene rings is 2. The summed E-state index contributed by atoms with van der Waals surface area (Å²) in [5, 5.41) is 15.6. The minimum Gasteiger partial charge on any atom is -0.493 e. The van der Waals surface area contributed by atoms with Gasteiger partial charge >= 0.3 is 0 Å². The van der Waals surface area contributed by atoms with Gasteiger partial charge in [0.15, 0.2) is 0 Å². The molecule has 0 aliphatic carbocycles. The van der Waals surface area contributed by atoms with Crippen LogP contribution in [0.3, 0.4) is 0 Å². The van der Waals surface area contributed by atoms with Gasteiger partial charge in [-0.3, -0.25) is 15.0 Å². The second-order valence-electron chi connectivity index (χ2n) is 11.1. The highest BCUT2D eigenvalue weighted by molar-refractivity contribution is 7.21. The van der Waals surface area contributed by atoms with Gasteiger partial charge < -0.3 is 25.8 Å². The van der Waals surface area contributed by atoms with Gasteiger partial charge in [-0.2, -0.15) is 0 Å². The highest BCUT2D eigenvalue weighted by Crippen LogP contribution is 2.28. The Balaban J connectivity index is 0.878. The minimum absolute atomic E-state index is 0.00525. The largest absolute Gasteiger partial charge is 0.493 e. The van der Waals surface area contributed by atoms with E-state index >= 15 is 0 Å². The normalized spacial score (nSPS) is 11.0. The van der Waals surface area contributed by atoms with Crippen molar-refractivity contribution in [3.05, 3.63) is 129 Å². The Kier molecular flexibility index (Phi) is 9.80. The first-order valence-corrected chi connectivity index (χ1v) is 16.8. The van der Waals surface area contributed by atoms with Crippen LogP contribution in [0.5, 0.6) is 11.5 Å². The van der Waals surface area contributed by atoms with E-state index in [1.165, 1.54) is 28.2 Å². The summed E-state index contributed by atoms with van der Waals surface area (Å²) in [6.45, 7) is 3.92. The van der Waals surface area contributed by atoms with E-state index in [2.05, 4.69) is 28.8 Å². The Bertz CT molecular complexity index is 2050. The third-order valence-corrected chi connectivity index (χ3v) is 9.76. The van der Waals surface area contributed by atoms with E-state index < -0.39 is 0 Å². The third-order valence-electron chi connectivity index (χ3n) is 7.53. The summed E-state index contributed by atoms with van der Waals surface area (Å²) in [4.78, 5) is 26.7. The number of carbonyl (C=O) groups excluding carboxylic acids is 2. The quantitative estimate of drug-likeness (QED) is 0.0582. The van der Waals surface area contributed by atoms with Crippen LogP contribution in [0.15, 0.2) is 97.1 Å². The van der Waals surface area contributed by atoms with Crippen LogP contribution in [-0.4, -0.2) is 30.9 Å². The molecule has 0 atom stereocenters. The second kappa shape index (κ2) is 14.5. The van der Waals surface area contributed by atoms with Gasteiger partial charge in [-0.15, -0.1) is 22.7 Å². The lowest BCUT2D eigenvalue weighted by molar-refractivity contribution is 0.0947. The fourth-order valence-corrected chi connectivity index (χ4v) is 6.90. The van der Waals surface area contributed by atoms with E-state index in [0.29, 0.717) is 48.0 Å². The molecule has 47 heavy (non-hydrogen) atoms. The van der Waals surface area contributed by atoms with Gasteiger partial charge in [-0.1, -0.05) is 42.0 Å². The van der Waals surface area contributed by atoms with Crippen molar-refractivity contribution in [1.82, 2.24) is 10.6 Å². The molecule has 0 aliphatic rings. The number of ether oxygens (including phenoxy) is 2. The Labute approximate surface area is 280 Å². The van der Waals surface area contributed by atoms with E-state index in [4.69, 9.17) is 20.6 Å². The maximum atomic E-state index is 12.7. The highest BCUT2D eigenvalue weighted by Gasteiger charge is 2.12. The van der Waals surface area contributed by atoms with Gasteiger partial charge in [0.2, 0.25) is 0 Å². The van der Waals surface area contributed by atoms with Crippen LogP contribution < -0.4 is 25.8 Å². The number of amidine groups is 1. The fraction of sp³-hybridized carbons (Fsp3) is 0.162. The number of benzene rings is 4. The first-order valence-electron chi connectivity index (χ1n) is 15.2. The topological polar surface area (TPSA) is 127 Å². The molecule has 0 bridgehead atoms. The first-order chi connectivity index (χ1) is 22.8. The molecule has 238 valence electrons. The molecule has 6 aromatic rings. The van der Waals surface area contributed by atoms with Gasteiger partial charge in [0, 0.05) is 34.5 Å². The molecule has 8 nitrogen and oxygen atoms in total. The lowest BCUT2D eigenvalue weighted by atomic mass is 10.1. The summed E-state index contributed by atoms with van der Waals surface area (Å²) in [6, 6.07) is 30.9. The van der Waals surface area contributed by atoms with E-state index in [1.807, 2.05) is 79.7 Å². The number of nitrogen functional groups attached to an aromatic ring is 1. The lowest BCUT2D eigenvalue weighted by Gasteiger charge is -2.10. The molecule has 0 unspecified atom stereocenters. The van der Waals surface area contributed by atoms with Crippen molar-refractivity contribution in [2.45, 2.75) is 26.4 Å². The number of amides is 2. The van der Waals surface area contributed by atoms with Crippen LogP contribution >= 0.6 is 22.7 Å². The predicted octanol–water partition coefficient (Wildman–Crippen LogP) is 7.42. The fourth-order valence-electron chi connectivity index (χ4n) is 4.98. The Morgan fingerprint density at radius 1 is 0.681 bits per heavy atom. The third kappa shape index (κ3) is 8.16. The van der Waals surface area contributed by atoms with Crippen LogP contribution in [0, 0.1) is 12.3 Å². The maximum Gasteiger partial charge on any atom is 0.261 e. The van der Waals surface area contributed by atoms with E-state index in [1.54, 1.807) is 6.07 Å². The zero-order valence-corrected chi connectivity index (χ0v) is 27.4. The molecule has 2 aromatic heterocycles. The number of hydrogen-bond donors (Lipinski definition) is 4. The minimum atomic E-state index is -0.143. The summed E-state index contributed by atoms with van der Waals surface area (Å²) in [7, 11) is 0. The molecule has 6 rings (SSSR count). The van der Waals surface area contributed by atoms with E-state index in [9.17, 15) is 9.59 Å². The van der Waals surface area contributed by atoms with Crippen molar-refractivity contribution < 1.29 is 19.1 Å². The smallest absolute Gasteiger partial charge is 0.261 e. The number of nitrogens with two attached hydrogens (primary N) is 1. The molecule has 0 radical (unpaired) electrons. The molecular formula is C37H34N4O4S2. The number of aryl methyl sites for hydroxylation is 1. The van der Waals surface area contributed by atoms with Crippen LogP contribution in [0.25, 0.3) is 20.2 Å². The first kappa shape index (κ1) is 31.8. The average molecular weight is 663 g/mol. The highest BCUT2D eigenvalue weighted by atomic mass is 32.1. The lowest BCUT2D eigenvalue weighted by Crippen LogP contribution is -2.21. The number of nitrogens with one attached hydrogen (secondary N) is 3. The molecular weight excluding hydrogens is 629 g/mol. The number of rotatable bonds is 13. The Morgan fingerprint density at radius 2 is 1.17 bits per heavy atom. The van der Waals surface area contributed by atoms with Gasteiger partial charge in [0.1, 0.15) is 17.3 Å². The van der Waals surface area contributed by atoms with Gasteiger partial charge in [0.05, 0.1) is 23.0 Å². The summed E-state index contributed by atoms with van der Waals surface area (Å²) >= 11 is 2.92. The van der Waals surface area contributed by atoms with Crippen molar-refractivity contribution in [2.24, 2.45) is 5.73 Å². The van der Waals surface area contributed by atoms with Crippen LogP contribution in [0.4, 0.5) is 0 Å². The SMILES string of the molecule is Cc1ccc2sc(C(=O)NCc3ccc(OCCCOc4ccc(CNC(=O)c5cc6cc(C(=N)N)ccc6s5)cc4)cc3)cc2c1. The molecule has 0 saturated carbocycles. The van der Waals surface area contributed by atoms with Crippen LogP contribution in [0.1, 0.15) is 48.0 Å². The van der Waals surface area contributed by atoms with E-state index in [0.717, 1.165) is 42.8 Å². The van der Waals surface area contributed by atoms with Crippen molar-refractivity contribution in [1.29, 1.82) is 5.41 Å². The van der Waals surface area contributed by atoms with Crippen LogP contribution in [-0.2, 0) is 13.1 Å². The molecule has 0 aliphatic heterocycles. The zero-order valence-electron chi connectivity index (χ0n) is 25.8. The monoisotopic (exact) mass is 662 g/mol. The molecule has 2 amide bonds. The predicted molar refractivity (Wildman–Crippen MR) is 190 cm³/mol. The van der Waals surface area contributed by atoms with E-state index in [-0.39, 0.29) is 17.6 Å². The molecule has 0 spiro atoms. The van der Waals surface area contributed by atoms with Gasteiger partial charge in [-0.05, 0) is 89.5 Å². The molecule has 0 saturated heterocycles. The summed E-state index contributed by atoms with van der Waals surface area (Å²) in [5.74, 6) is 1.31. The zero-order chi connectivity index (χ0) is 32.8. The average Bonchev–Trinajstić information content (AvgIpc) is 3.71. The number of hydrogen-bond acceptors (Lipinski definition) is 7. The number of fused-ring (bicyclic) bond motifs is 2. The Hall–Kier alpha value is -5.19.